The summed E-state index contributed by atoms with van der Waals surface area (Å²) in [4.78, 5) is 22.0. The van der Waals surface area contributed by atoms with Gasteiger partial charge in [0, 0.05) is 37.9 Å². The number of aromatic nitrogens is 3. The molecular weight excluding hydrogens is 533 g/mol. The maximum Gasteiger partial charge on any atom is 0.324 e. The number of aryl methyl sites for hydroxylation is 2. The van der Waals surface area contributed by atoms with Crippen LogP contribution in [0.25, 0.3) is 22.2 Å². The number of hydrogen-bond acceptors (Lipinski definition) is 5. The van der Waals surface area contributed by atoms with Crippen molar-refractivity contribution in [2.75, 3.05) is 25.5 Å². The molecule has 2 aromatic carbocycles. The summed E-state index contributed by atoms with van der Waals surface area (Å²) in [5, 5.41) is 4.09. The van der Waals surface area contributed by atoms with Crippen molar-refractivity contribution in [3.63, 3.8) is 0 Å². The molecule has 1 saturated carbocycles. The Labute approximate surface area is 241 Å². The average Bonchev–Trinajstić information content (AvgIpc) is 3.50. The minimum Gasteiger partial charge on any atom is -0.381 e. The van der Waals surface area contributed by atoms with Crippen molar-refractivity contribution < 1.29 is 22.6 Å². The smallest absolute Gasteiger partial charge is 0.324 e. The van der Waals surface area contributed by atoms with Crippen molar-refractivity contribution in [2.45, 2.75) is 64.1 Å². The molecule has 1 aliphatic heterocycles. The first kappa shape index (κ1) is 23.3. The zero-order chi connectivity index (χ0) is 30.6. The number of methoxy groups -OCH3 is 1. The predicted molar refractivity (Wildman–Crippen MR) is 152 cm³/mol. The lowest BCUT2D eigenvalue weighted by Gasteiger charge is -2.41. The van der Waals surface area contributed by atoms with Crippen LogP contribution in [0.15, 0.2) is 40.9 Å². The van der Waals surface area contributed by atoms with Crippen molar-refractivity contribution >= 4 is 34.4 Å². The molecule has 0 radical (unpaired) electrons. The summed E-state index contributed by atoms with van der Waals surface area (Å²) < 4.78 is 50.2. The van der Waals surface area contributed by atoms with E-state index in [1.807, 2.05) is 32.0 Å². The van der Waals surface area contributed by atoms with E-state index >= 15 is 0 Å². The molecule has 0 spiro atoms. The molecule has 0 N–H and O–H groups in total. The van der Waals surface area contributed by atoms with E-state index in [2.05, 4.69) is 9.72 Å². The number of halogens is 2. The summed E-state index contributed by atoms with van der Waals surface area (Å²) in [6, 6.07) is 9.71. The van der Waals surface area contributed by atoms with Gasteiger partial charge in [-0.25, -0.2) is 14.2 Å². The van der Waals surface area contributed by atoms with E-state index in [-0.39, 0.29) is 23.2 Å². The van der Waals surface area contributed by atoms with Gasteiger partial charge in [0.25, 0.3) is 0 Å². The molecule has 2 aliphatic rings. The minimum absolute atomic E-state index is 0.0000673. The van der Waals surface area contributed by atoms with Gasteiger partial charge >= 0.3 is 6.03 Å². The van der Waals surface area contributed by atoms with Crippen LogP contribution in [-0.2, 0) is 4.74 Å². The number of amides is 2. The molecule has 0 bridgehead atoms. The Morgan fingerprint density at radius 2 is 1.93 bits per heavy atom. The summed E-state index contributed by atoms with van der Waals surface area (Å²) in [6.07, 6.45) is 2.74. The normalized spacial score (nSPS) is 23.4. The van der Waals surface area contributed by atoms with Gasteiger partial charge in [0.1, 0.15) is 17.4 Å². The lowest BCUT2D eigenvalue weighted by Crippen LogP contribution is -2.50. The quantitative estimate of drug-likeness (QED) is 0.254. The second kappa shape index (κ2) is 10.5. The van der Waals surface area contributed by atoms with Crippen molar-refractivity contribution in [3.05, 3.63) is 64.5 Å². The fourth-order valence-electron chi connectivity index (χ4n) is 6.24. The Morgan fingerprint density at radius 1 is 1.12 bits per heavy atom. The number of carbonyl (C=O) groups is 1. The fourth-order valence-corrected chi connectivity index (χ4v) is 6.35. The molecule has 2 fully saturated rings. The highest BCUT2D eigenvalue weighted by Crippen LogP contribution is 2.41. The summed E-state index contributed by atoms with van der Waals surface area (Å²) in [5.74, 6) is 0.799. The first-order valence-corrected chi connectivity index (χ1v) is 13.9. The fraction of sp³-hybridized carbons (Fsp3) is 0.433. The predicted octanol–water partition coefficient (Wildman–Crippen LogP) is 7.23. The number of rotatable bonds is 5. The Morgan fingerprint density at radius 3 is 2.62 bits per heavy atom. The monoisotopic (exact) mass is 568 g/mol. The van der Waals surface area contributed by atoms with Crippen LogP contribution in [0.3, 0.4) is 0 Å². The molecule has 1 atom stereocenters. The van der Waals surface area contributed by atoms with Gasteiger partial charge in [-0.05, 0) is 81.8 Å². The number of urea groups is 1. The second-order valence-electron chi connectivity index (χ2n) is 10.8. The molecule has 8 nitrogen and oxygen atoms in total. The molecule has 4 aromatic rings. The largest absolute Gasteiger partial charge is 0.381 e. The highest BCUT2D eigenvalue weighted by atomic mass is 35.5. The van der Waals surface area contributed by atoms with Crippen molar-refractivity contribution in [1.29, 1.82) is 0 Å². The molecule has 3 heterocycles. The molecule has 2 amide bonds. The molecular formula is C30H33ClFN5O3. The van der Waals surface area contributed by atoms with E-state index in [4.69, 9.17) is 30.0 Å². The Kier molecular flexibility index (Phi) is 6.13. The number of anilines is 1. The van der Waals surface area contributed by atoms with Crippen LogP contribution in [0.4, 0.5) is 14.9 Å². The van der Waals surface area contributed by atoms with Crippen molar-refractivity contribution in [3.8, 4) is 11.1 Å². The van der Waals surface area contributed by atoms with Gasteiger partial charge in [-0.15, -0.1) is 0 Å². The number of ether oxygens (including phenoxy) is 1. The zero-order valence-electron chi connectivity index (χ0n) is 25.7. The maximum absolute atomic E-state index is 14.7. The SMILES string of the molecule is [2H]C([2H])([2H])OC1CCC(n2c(C3CCN(C)C(=O)N3c3ccc(Cl)c(F)c3)nc3cc(-c4c(C)noc4C)ccc32)CC1. The average molecular weight is 569 g/mol. The number of hydrogen-bond donors (Lipinski definition) is 0. The van der Waals surface area contributed by atoms with E-state index in [0.29, 0.717) is 55.9 Å². The van der Waals surface area contributed by atoms with E-state index in [9.17, 15) is 9.18 Å². The van der Waals surface area contributed by atoms with Crippen LogP contribution < -0.4 is 4.90 Å². The number of nitrogens with zero attached hydrogens (tertiary/aromatic N) is 5. The topological polar surface area (TPSA) is 76.6 Å². The molecule has 1 saturated heterocycles. The highest BCUT2D eigenvalue weighted by Gasteiger charge is 2.38. The number of imidazole rings is 1. The first-order valence-electron chi connectivity index (χ1n) is 15.0. The second-order valence-corrected chi connectivity index (χ2v) is 11.2. The first-order chi connectivity index (χ1) is 20.4. The molecule has 6 rings (SSSR count). The number of carbonyl (C=O) groups excluding carboxylic acids is 1. The molecule has 1 unspecified atom stereocenters. The molecule has 1 aliphatic carbocycles. The third-order valence-corrected chi connectivity index (χ3v) is 8.58. The van der Waals surface area contributed by atoms with Gasteiger partial charge in [-0.2, -0.15) is 0 Å². The Balaban J connectivity index is 1.47. The third-order valence-electron chi connectivity index (χ3n) is 8.28. The van der Waals surface area contributed by atoms with Gasteiger partial charge in [-0.1, -0.05) is 22.8 Å². The van der Waals surface area contributed by atoms with Crippen LogP contribution in [-0.4, -0.2) is 52.4 Å². The van der Waals surface area contributed by atoms with Gasteiger partial charge in [0.15, 0.2) is 0 Å². The van der Waals surface area contributed by atoms with E-state index in [1.54, 1.807) is 22.9 Å². The third kappa shape index (κ3) is 4.55. The van der Waals surface area contributed by atoms with Gasteiger partial charge in [0.05, 0.1) is 38.0 Å². The van der Waals surface area contributed by atoms with Crippen molar-refractivity contribution in [1.82, 2.24) is 19.6 Å². The minimum atomic E-state index is -2.44. The van der Waals surface area contributed by atoms with E-state index < -0.39 is 18.9 Å². The van der Waals surface area contributed by atoms with Gasteiger partial charge in [-0.3, -0.25) is 4.90 Å². The van der Waals surface area contributed by atoms with E-state index in [1.165, 1.54) is 12.1 Å². The standard InChI is InChI=1S/C30H33ClFN5O3/c1-17-28(18(2)40-34-17)19-5-12-26-25(15-19)33-29(36(26)20-6-9-22(39-4)10-7-20)27-13-14-35(3)30(38)37(27)21-8-11-23(31)24(32)16-21/h5,8,11-12,15-16,20,22,27H,6-7,9-10,13-14H2,1-4H3/i4D3. The van der Waals surface area contributed by atoms with Gasteiger partial charge < -0.3 is 18.7 Å². The summed E-state index contributed by atoms with van der Waals surface area (Å²) in [6.45, 7) is 4.27. The summed E-state index contributed by atoms with van der Waals surface area (Å²) in [5.41, 5.74) is 4.66. The highest BCUT2D eigenvalue weighted by molar-refractivity contribution is 6.30. The van der Waals surface area contributed by atoms with Gasteiger partial charge in [0.2, 0.25) is 0 Å². The maximum atomic E-state index is 14.7. The summed E-state index contributed by atoms with van der Waals surface area (Å²) in [7, 11) is -0.718. The Hall–Kier alpha value is -3.43. The van der Waals surface area contributed by atoms with Crippen LogP contribution in [0.1, 0.15) is 65.6 Å². The summed E-state index contributed by atoms with van der Waals surface area (Å²) >= 11 is 5.99. The number of fused-ring (bicyclic) bond motifs is 1. The molecule has 2 aromatic heterocycles. The molecule has 10 heteroatoms. The Bertz CT molecular complexity index is 1660. The lowest BCUT2D eigenvalue weighted by molar-refractivity contribution is 0.0583. The van der Waals surface area contributed by atoms with Crippen molar-refractivity contribution in [2.24, 2.45) is 0 Å². The lowest BCUT2D eigenvalue weighted by atomic mass is 9.92. The van der Waals surface area contributed by atoms with E-state index in [0.717, 1.165) is 27.9 Å². The molecule has 210 valence electrons. The van der Waals surface area contributed by atoms with Crippen LogP contribution in [0.5, 0.6) is 0 Å². The van der Waals surface area contributed by atoms with Crippen LogP contribution in [0, 0.1) is 19.7 Å². The van der Waals surface area contributed by atoms with Crippen LogP contribution in [0.2, 0.25) is 5.02 Å². The molecule has 40 heavy (non-hydrogen) atoms. The zero-order valence-corrected chi connectivity index (χ0v) is 23.4. The van der Waals surface area contributed by atoms with Crippen LogP contribution >= 0.6 is 11.6 Å². The number of benzene rings is 2.